The molecular formula is C19H23N3. The third-order valence-corrected chi connectivity index (χ3v) is 5.21. The molecule has 1 fully saturated rings. The number of hydrogen-bond donors (Lipinski definition) is 0. The molecule has 3 unspecified atom stereocenters. The van der Waals surface area contributed by atoms with E-state index in [2.05, 4.69) is 67.8 Å². The Balaban J connectivity index is 1.87. The first kappa shape index (κ1) is 13.8. The summed E-state index contributed by atoms with van der Waals surface area (Å²) < 4.78 is 0. The van der Waals surface area contributed by atoms with Crippen LogP contribution in [0.15, 0.2) is 30.3 Å². The highest BCUT2D eigenvalue weighted by molar-refractivity contribution is 5.61. The van der Waals surface area contributed by atoms with Gasteiger partial charge < -0.3 is 4.90 Å². The highest BCUT2D eigenvalue weighted by Gasteiger charge is 2.42. The zero-order valence-corrected chi connectivity index (χ0v) is 13.8. The third-order valence-electron chi connectivity index (χ3n) is 5.21. The molecule has 0 saturated carbocycles. The predicted octanol–water partition coefficient (Wildman–Crippen LogP) is 3.73. The molecule has 1 saturated heterocycles. The van der Waals surface area contributed by atoms with E-state index in [9.17, 15) is 0 Å². The molecule has 1 aromatic carbocycles. The van der Waals surface area contributed by atoms with E-state index in [1.165, 1.54) is 22.4 Å². The third kappa shape index (κ3) is 1.88. The molecule has 3 heterocycles. The number of nitrogens with zero attached hydrogens (tertiary/aromatic N) is 3. The molecular weight excluding hydrogens is 270 g/mol. The molecule has 4 rings (SSSR count). The lowest BCUT2D eigenvalue weighted by Crippen LogP contribution is -2.35. The van der Waals surface area contributed by atoms with Crippen molar-refractivity contribution in [2.24, 2.45) is 0 Å². The van der Waals surface area contributed by atoms with Crippen LogP contribution >= 0.6 is 0 Å². The minimum Gasteiger partial charge on any atom is -0.346 e. The standard InChI is InChI=1S/C19H23N3/c1-12-9-13(2)20-14(3)19(12)22-15(4)21-10-16-7-5-6-8-17(16)18(22)11-21/h5-9,15,18H,10-11H2,1-4H3. The summed E-state index contributed by atoms with van der Waals surface area (Å²) in [5.74, 6) is 0. The van der Waals surface area contributed by atoms with Crippen LogP contribution in [0.1, 0.15) is 41.0 Å². The number of fused-ring (bicyclic) bond motifs is 4. The van der Waals surface area contributed by atoms with Gasteiger partial charge in [-0.2, -0.15) is 0 Å². The lowest BCUT2D eigenvalue weighted by Gasteiger charge is -2.32. The Kier molecular flexibility index (Phi) is 3.01. The molecule has 0 amide bonds. The van der Waals surface area contributed by atoms with Crippen molar-refractivity contribution in [1.29, 1.82) is 0 Å². The van der Waals surface area contributed by atoms with E-state index < -0.39 is 0 Å². The largest absolute Gasteiger partial charge is 0.346 e. The van der Waals surface area contributed by atoms with Crippen LogP contribution in [0, 0.1) is 20.8 Å². The summed E-state index contributed by atoms with van der Waals surface area (Å²) in [6.07, 6.45) is 0.416. The van der Waals surface area contributed by atoms with Crippen molar-refractivity contribution in [2.45, 2.75) is 46.4 Å². The van der Waals surface area contributed by atoms with E-state index in [1.54, 1.807) is 0 Å². The Labute approximate surface area is 132 Å². The first-order chi connectivity index (χ1) is 10.6. The fraction of sp³-hybridized carbons (Fsp3) is 0.421. The van der Waals surface area contributed by atoms with Gasteiger partial charge in [0.2, 0.25) is 0 Å². The normalized spacial score (nSPS) is 26.2. The molecule has 22 heavy (non-hydrogen) atoms. The number of aryl methyl sites for hydroxylation is 3. The number of aromatic nitrogens is 1. The van der Waals surface area contributed by atoms with Crippen LogP contribution in [-0.2, 0) is 6.54 Å². The zero-order valence-electron chi connectivity index (χ0n) is 13.8. The van der Waals surface area contributed by atoms with Crippen LogP contribution in [0.3, 0.4) is 0 Å². The fourth-order valence-electron chi connectivity index (χ4n) is 4.32. The average molecular weight is 293 g/mol. The Morgan fingerprint density at radius 1 is 1.14 bits per heavy atom. The predicted molar refractivity (Wildman–Crippen MR) is 90.0 cm³/mol. The second-order valence-electron chi connectivity index (χ2n) is 6.70. The van der Waals surface area contributed by atoms with Crippen molar-refractivity contribution >= 4 is 5.69 Å². The van der Waals surface area contributed by atoms with Gasteiger partial charge in [-0.3, -0.25) is 9.88 Å². The lowest BCUT2D eigenvalue weighted by molar-refractivity contribution is 0.252. The molecule has 114 valence electrons. The van der Waals surface area contributed by atoms with Gasteiger partial charge in [-0.25, -0.2) is 0 Å². The van der Waals surface area contributed by atoms with E-state index in [-0.39, 0.29) is 0 Å². The van der Waals surface area contributed by atoms with E-state index >= 15 is 0 Å². The second kappa shape index (κ2) is 4.82. The van der Waals surface area contributed by atoms with Gasteiger partial charge in [0.25, 0.3) is 0 Å². The molecule has 1 aromatic heterocycles. The van der Waals surface area contributed by atoms with Gasteiger partial charge in [-0.1, -0.05) is 24.3 Å². The van der Waals surface area contributed by atoms with Gasteiger partial charge in [0, 0.05) is 18.8 Å². The van der Waals surface area contributed by atoms with Crippen LogP contribution in [0.25, 0.3) is 0 Å². The van der Waals surface area contributed by atoms with E-state index in [0.29, 0.717) is 12.2 Å². The molecule has 0 aliphatic carbocycles. The minimum absolute atomic E-state index is 0.416. The van der Waals surface area contributed by atoms with Crippen LogP contribution in [0.2, 0.25) is 0 Å². The molecule has 3 nitrogen and oxygen atoms in total. The topological polar surface area (TPSA) is 19.4 Å². The smallest absolute Gasteiger partial charge is 0.0803 e. The van der Waals surface area contributed by atoms with Gasteiger partial charge in [0.15, 0.2) is 0 Å². The summed E-state index contributed by atoms with van der Waals surface area (Å²) in [7, 11) is 0. The molecule has 0 N–H and O–H groups in total. The maximum Gasteiger partial charge on any atom is 0.0803 e. The maximum absolute atomic E-state index is 4.72. The Hall–Kier alpha value is -1.87. The molecule has 2 aliphatic heterocycles. The summed E-state index contributed by atoms with van der Waals surface area (Å²) in [5, 5.41) is 0. The summed E-state index contributed by atoms with van der Waals surface area (Å²) in [6.45, 7) is 10.9. The SMILES string of the molecule is Cc1cc(C)c(N2C3CN(Cc4ccccc43)C2C)c(C)n1. The monoisotopic (exact) mass is 293 g/mol. The van der Waals surface area contributed by atoms with Crippen LogP contribution in [0.5, 0.6) is 0 Å². The molecule has 3 heteroatoms. The van der Waals surface area contributed by atoms with Crippen LogP contribution < -0.4 is 4.90 Å². The molecule has 0 spiro atoms. The second-order valence-corrected chi connectivity index (χ2v) is 6.70. The summed E-state index contributed by atoms with van der Waals surface area (Å²) >= 11 is 0. The fourth-order valence-corrected chi connectivity index (χ4v) is 4.32. The zero-order chi connectivity index (χ0) is 15.4. The molecule has 3 atom stereocenters. The number of pyridine rings is 1. The van der Waals surface area contributed by atoms with Crippen molar-refractivity contribution in [3.63, 3.8) is 0 Å². The lowest BCUT2D eigenvalue weighted by atomic mass is 9.96. The summed E-state index contributed by atoms with van der Waals surface area (Å²) in [4.78, 5) is 9.88. The van der Waals surface area contributed by atoms with Gasteiger partial charge in [-0.15, -0.1) is 0 Å². The first-order valence-corrected chi connectivity index (χ1v) is 8.11. The summed E-state index contributed by atoms with van der Waals surface area (Å²) in [5.41, 5.74) is 7.88. The van der Waals surface area contributed by atoms with Crippen molar-refractivity contribution in [3.8, 4) is 0 Å². The van der Waals surface area contributed by atoms with Crippen molar-refractivity contribution in [1.82, 2.24) is 9.88 Å². The van der Waals surface area contributed by atoms with E-state index in [1.807, 2.05) is 0 Å². The van der Waals surface area contributed by atoms with Crippen molar-refractivity contribution in [2.75, 3.05) is 11.4 Å². The minimum atomic E-state index is 0.416. The Morgan fingerprint density at radius 3 is 2.68 bits per heavy atom. The Morgan fingerprint density at radius 2 is 1.91 bits per heavy atom. The molecule has 2 bridgehead atoms. The number of hydrogen-bond acceptors (Lipinski definition) is 3. The van der Waals surface area contributed by atoms with Crippen LogP contribution in [0.4, 0.5) is 5.69 Å². The Bertz CT molecular complexity index is 714. The van der Waals surface area contributed by atoms with Gasteiger partial charge in [-0.05, 0) is 50.5 Å². The first-order valence-electron chi connectivity index (χ1n) is 8.11. The van der Waals surface area contributed by atoms with Gasteiger partial charge >= 0.3 is 0 Å². The van der Waals surface area contributed by atoms with Crippen molar-refractivity contribution < 1.29 is 0 Å². The molecule has 2 aromatic rings. The average Bonchev–Trinajstić information content (AvgIpc) is 2.72. The molecule has 2 aliphatic rings. The number of benzene rings is 1. The summed E-state index contributed by atoms with van der Waals surface area (Å²) in [6, 6.07) is 11.6. The maximum atomic E-state index is 4.72. The highest BCUT2D eigenvalue weighted by atomic mass is 15.4. The van der Waals surface area contributed by atoms with Crippen LogP contribution in [-0.4, -0.2) is 22.6 Å². The van der Waals surface area contributed by atoms with Crippen molar-refractivity contribution in [3.05, 3.63) is 58.4 Å². The highest BCUT2D eigenvalue weighted by Crippen LogP contribution is 2.44. The number of anilines is 1. The quantitative estimate of drug-likeness (QED) is 0.798. The van der Waals surface area contributed by atoms with E-state index in [4.69, 9.17) is 4.98 Å². The van der Waals surface area contributed by atoms with Gasteiger partial charge in [0.05, 0.1) is 23.6 Å². The number of rotatable bonds is 1. The van der Waals surface area contributed by atoms with Gasteiger partial charge in [0.1, 0.15) is 0 Å². The molecule has 0 radical (unpaired) electrons. The van der Waals surface area contributed by atoms with E-state index in [0.717, 1.165) is 24.5 Å².